The first-order valence-corrected chi connectivity index (χ1v) is 11.2. The van der Waals surface area contributed by atoms with Crippen LogP contribution in [0.3, 0.4) is 0 Å². The molecule has 0 amide bonds. The number of rotatable bonds is 5. The van der Waals surface area contributed by atoms with Crippen LogP contribution in [0.1, 0.15) is 73.6 Å². The van der Waals surface area contributed by atoms with E-state index in [2.05, 4.69) is 47.6 Å². The van der Waals surface area contributed by atoms with E-state index in [1.165, 1.54) is 60.9 Å². The summed E-state index contributed by atoms with van der Waals surface area (Å²) in [7, 11) is -0.796. The zero-order valence-corrected chi connectivity index (χ0v) is 20.5. The van der Waals surface area contributed by atoms with Gasteiger partial charge in [-0.2, -0.15) is 0 Å². The molecule has 1 nitrogen and oxygen atoms in total. The van der Waals surface area contributed by atoms with E-state index in [1.54, 1.807) is 0 Å². The number of nitrogens with zero attached hydrogens (tertiary/aromatic N) is 1. The zero-order chi connectivity index (χ0) is 15.7. The smallest absolute Gasteiger partial charge is 1.00 e. The molecule has 2 aliphatic rings. The van der Waals surface area contributed by atoms with Gasteiger partial charge in [0.05, 0.1) is 0 Å². The Morgan fingerprint density at radius 3 is 1.88 bits per heavy atom. The normalized spacial score (nSPS) is 25.5. The quantitative estimate of drug-likeness (QED) is 0.550. The van der Waals surface area contributed by atoms with Gasteiger partial charge in [0.1, 0.15) is 0 Å². The van der Waals surface area contributed by atoms with Crippen molar-refractivity contribution in [3.05, 3.63) is 28.1 Å². The maximum atomic E-state index is 5.65. The van der Waals surface area contributed by atoms with E-state index in [4.69, 9.17) is 5.32 Å². The molecule has 0 heterocycles. The van der Waals surface area contributed by atoms with Crippen LogP contribution in [-0.2, 0) is 21.7 Å². The molecule has 0 N–H and O–H groups in total. The Kier molecular flexibility index (Phi) is 12.4. The first-order chi connectivity index (χ1) is 9.88. The van der Waals surface area contributed by atoms with Crippen LogP contribution in [0.25, 0.3) is 5.32 Å². The molecule has 1 radical (unpaired) electrons. The van der Waals surface area contributed by atoms with E-state index in [0.29, 0.717) is 5.16 Å². The molecule has 1 saturated carbocycles. The summed E-state index contributed by atoms with van der Waals surface area (Å²) in [5.74, 6) is 0. The van der Waals surface area contributed by atoms with Crippen LogP contribution in [0.15, 0.2) is 22.8 Å². The third kappa shape index (κ3) is 5.24. The van der Waals surface area contributed by atoms with E-state index < -0.39 is 8.80 Å². The van der Waals surface area contributed by atoms with Crippen molar-refractivity contribution < 1.29 is 46.5 Å². The molecule has 0 bridgehead atoms. The number of allylic oxidation sites excluding steroid dienone is 2. The van der Waals surface area contributed by atoms with Crippen LogP contribution in [0, 0.1) is 0 Å². The summed E-state index contributed by atoms with van der Waals surface area (Å²) in [5.41, 5.74) is 4.38. The Morgan fingerprint density at radius 2 is 1.50 bits per heavy atom. The first kappa shape index (κ1) is 27.2. The Hall–Kier alpha value is 0.951. The summed E-state index contributed by atoms with van der Waals surface area (Å²) in [5, 5.41) is 6.01. The molecule has 0 spiro atoms. The molecule has 1 atom stereocenters. The average Bonchev–Trinajstić information content (AvgIpc) is 2.64. The summed E-state index contributed by atoms with van der Waals surface area (Å²) < 4.78 is 0. The minimum Gasteiger partial charge on any atom is -1.00 e. The van der Waals surface area contributed by atoms with Gasteiger partial charge in [0.25, 0.3) is 0 Å². The Labute approximate surface area is 179 Å². The van der Waals surface area contributed by atoms with Gasteiger partial charge in [0, 0.05) is 8.80 Å². The predicted molar refractivity (Wildman–Crippen MR) is 97.8 cm³/mol. The van der Waals surface area contributed by atoms with E-state index >= 15 is 0 Å². The van der Waals surface area contributed by atoms with Gasteiger partial charge in [-0.25, -0.2) is 0 Å². The fourth-order valence-electron chi connectivity index (χ4n) is 4.72. The molecule has 5 heteroatoms. The van der Waals surface area contributed by atoms with Gasteiger partial charge in [-0.1, -0.05) is 93.3 Å². The van der Waals surface area contributed by atoms with Gasteiger partial charge in [-0.15, -0.1) is 5.16 Å². The molecule has 0 saturated heterocycles. The second-order valence-corrected chi connectivity index (χ2v) is 11.6. The maximum Gasteiger partial charge on any atom is 3.00 e. The van der Waals surface area contributed by atoms with Gasteiger partial charge in [0.15, 0.2) is 0 Å². The van der Waals surface area contributed by atoms with E-state index in [9.17, 15) is 0 Å². The molecule has 0 aromatic rings. The summed E-state index contributed by atoms with van der Waals surface area (Å²) in [6, 6.07) is 2.81. The minimum atomic E-state index is -0.796. The summed E-state index contributed by atoms with van der Waals surface area (Å²) in [4.78, 5) is 0. The molecule has 2 aliphatic carbocycles. The second-order valence-electron chi connectivity index (χ2n) is 7.51. The van der Waals surface area contributed by atoms with Crippen LogP contribution in [0.2, 0.25) is 12.1 Å². The molecular formula is C19H34Cl2NSiTi. The SMILES string of the molecule is CC[SiH](CC)C1([N-]C2(C)C=C(C)C(C)=C2C)CCCCC1.[Cl-].[Cl-].[Ti+3]. The molecule has 0 aliphatic heterocycles. The van der Waals surface area contributed by atoms with E-state index in [-0.39, 0.29) is 52.1 Å². The van der Waals surface area contributed by atoms with Crippen LogP contribution in [0.4, 0.5) is 0 Å². The van der Waals surface area contributed by atoms with E-state index in [0.717, 1.165) is 0 Å². The average molecular weight is 423 g/mol. The largest absolute Gasteiger partial charge is 3.00 e. The summed E-state index contributed by atoms with van der Waals surface area (Å²) in [6.45, 7) is 14.0. The monoisotopic (exact) mass is 422 g/mol. The van der Waals surface area contributed by atoms with Gasteiger partial charge < -0.3 is 30.1 Å². The molecular weight excluding hydrogens is 389 g/mol. The Morgan fingerprint density at radius 1 is 1.00 bits per heavy atom. The van der Waals surface area contributed by atoms with Crippen molar-refractivity contribution in [3.8, 4) is 0 Å². The number of halogens is 2. The molecule has 24 heavy (non-hydrogen) atoms. The molecule has 1 unspecified atom stereocenters. The van der Waals surface area contributed by atoms with Crippen molar-refractivity contribution in [2.45, 2.75) is 96.4 Å². The third-order valence-corrected chi connectivity index (χ3v) is 10.5. The maximum absolute atomic E-state index is 5.65. The van der Waals surface area contributed by atoms with Crippen molar-refractivity contribution in [2.75, 3.05) is 0 Å². The fourth-order valence-corrected chi connectivity index (χ4v) is 8.49. The predicted octanol–water partition coefficient (Wildman–Crippen LogP) is -0.0704. The fraction of sp³-hybridized carbons (Fsp3) is 0.789. The third-order valence-electron chi connectivity index (χ3n) is 6.33. The number of hydrogen-bond donors (Lipinski definition) is 0. The van der Waals surface area contributed by atoms with Crippen LogP contribution >= 0.6 is 0 Å². The molecule has 2 rings (SSSR count). The van der Waals surface area contributed by atoms with Crippen molar-refractivity contribution >= 4 is 8.80 Å². The van der Waals surface area contributed by atoms with Gasteiger partial charge in [-0.3, -0.25) is 0 Å². The van der Waals surface area contributed by atoms with Gasteiger partial charge in [-0.05, 0) is 20.8 Å². The van der Waals surface area contributed by atoms with Crippen molar-refractivity contribution in [3.63, 3.8) is 0 Å². The van der Waals surface area contributed by atoms with Crippen molar-refractivity contribution in [1.82, 2.24) is 0 Å². The molecule has 1 fully saturated rings. The minimum absolute atomic E-state index is 0. The first-order valence-electron chi connectivity index (χ1n) is 9.00. The van der Waals surface area contributed by atoms with Gasteiger partial charge in [0.2, 0.25) is 0 Å². The Balaban J connectivity index is 0. The van der Waals surface area contributed by atoms with Crippen molar-refractivity contribution in [2.24, 2.45) is 0 Å². The summed E-state index contributed by atoms with van der Waals surface area (Å²) >= 11 is 0. The zero-order valence-electron chi connectivity index (χ0n) is 16.3. The summed E-state index contributed by atoms with van der Waals surface area (Å²) in [6.07, 6.45) is 9.37. The second kappa shape index (κ2) is 10.9. The van der Waals surface area contributed by atoms with Gasteiger partial charge >= 0.3 is 21.7 Å². The van der Waals surface area contributed by atoms with E-state index in [1.807, 2.05) is 0 Å². The Bertz CT molecular complexity index is 454. The molecule has 0 aromatic carbocycles. The molecule has 0 aromatic heterocycles. The van der Waals surface area contributed by atoms with Crippen LogP contribution in [0.5, 0.6) is 0 Å². The van der Waals surface area contributed by atoms with Crippen LogP contribution < -0.4 is 24.8 Å². The van der Waals surface area contributed by atoms with Crippen LogP contribution in [-0.4, -0.2) is 19.5 Å². The molecule has 137 valence electrons. The standard InChI is InChI=1S/C19H34NSi.2ClH.Ti/c1-7-21(8-2)19(12-10-9-11-13-19)20-18(6)14-15(3)16(4)17(18)5;;;/h14,21H,7-13H2,1-6H3;2*1H;/q-1;;;+3/p-2. The topological polar surface area (TPSA) is 14.1 Å². The van der Waals surface area contributed by atoms with Crippen molar-refractivity contribution in [1.29, 1.82) is 0 Å². The number of hydrogen-bond acceptors (Lipinski definition) is 0.